The van der Waals surface area contributed by atoms with Crippen LogP contribution in [0.4, 0.5) is 0 Å². The topological polar surface area (TPSA) is 55.8 Å². The number of rotatable bonds is 0. The van der Waals surface area contributed by atoms with Gasteiger partial charge in [-0.05, 0) is 57.9 Å². The molecule has 3 aliphatic heterocycles. The van der Waals surface area contributed by atoms with E-state index in [1.807, 2.05) is 13.8 Å². The normalized spacial score (nSPS) is 41.0. The van der Waals surface area contributed by atoms with Crippen molar-refractivity contribution in [2.45, 2.75) is 90.1 Å². The average molecular weight is 334 g/mol. The highest BCUT2D eigenvalue weighted by molar-refractivity contribution is 5.91. The Bertz CT molecular complexity index is 576. The summed E-state index contributed by atoms with van der Waals surface area (Å²) in [5.41, 5.74) is 2.33. The van der Waals surface area contributed by atoms with Gasteiger partial charge >= 0.3 is 5.97 Å². The number of allylic oxidation sites excluding steroid dienone is 1. The van der Waals surface area contributed by atoms with Crippen LogP contribution in [0.25, 0.3) is 0 Å². The van der Waals surface area contributed by atoms with Gasteiger partial charge in [0.15, 0.2) is 0 Å². The van der Waals surface area contributed by atoms with Gasteiger partial charge in [-0.3, -0.25) is 0 Å². The molecule has 0 aromatic rings. The van der Waals surface area contributed by atoms with Crippen LogP contribution < -0.4 is 0 Å². The fourth-order valence-electron chi connectivity index (χ4n) is 4.23. The molecule has 4 heteroatoms. The minimum atomic E-state index is -0.610. The van der Waals surface area contributed by atoms with Gasteiger partial charge in [0.2, 0.25) is 0 Å². The maximum Gasteiger partial charge on any atom is 0.334 e. The number of hydrogen-bond acceptors (Lipinski definition) is 4. The van der Waals surface area contributed by atoms with E-state index in [0.29, 0.717) is 17.9 Å². The summed E-state index contributed by atoms with van der Waals surface area (Å²) in [4.78, 5) is 12.0. The minimum Gasteiger partial charge on any atom is -0.454 e. The molecule has 1 saturated heterocycles. The summed E-state index contributed by atoms with van der Waals surface area (Å²) < 4.78 is 11.9. The lowest BCUT2D eigenvalue weighted by molar-refractivity contribution is -0.139. The predicted octanol–water partition coefficient (Wildman–Crippen LogP) is 3.68. The molecule has 134 valence electrons. The molecule has 1 N–H and O–H groups in total. The highest BCUT2D eigenvalue weighted by Gasteiger charge is 2.45. The number of fused-ring (bicyclic) bond motifs is 3. The number of aliphatic hydroxyl groups is 1. The van der Waals surface area contributed by atoms with Gasteiger partial charge in [-0.15, -0.1) is 0 Å². The smallest absolute Gasteiger partial charge is 0.334 e. The van der Waals surface area contributed by atoms with E-state index in [0.717, 1.165) is 37.7 Å². The van der Waals surface area contributed by atoms with Gasteiger partial charge in [-0.1, -0.05) is 18.6 Å². The largest absolute Gasteiger partial charge is 0.454 e. The van der Waals surface area contributed by atoms with Crippen molar-refractivity contribution in [1.82, 2.24) is 0 Å². The molecule has 0 saturated carbocycles. The molecule has 0 radical (unpaired) electrons. The summed E-state index contributed by atoms with van der Waals surface area (Å²) in [6.07, 6.45) is 6.77. The van der Waals surface area contributed by atoms with Crippen LogP contribution in [-0.2, 0) is 14.3 Å². The van der Waals surface area contributed by atoms with Crippen LogP contribution in [0.3, 0.4) is 0 Å². The van der Waals surface area contributed by atoms with Crippen molar-refractivity contribution in [3.8, 4) is 0 Å². The highest BCUT2D eigenvalue weighted by Crippen LogP contribution is 2.41. The summed E-state index contributed by atoms with van der Waals surface area (Å²) in [6, 6.07) is 0. The first kappa shape index (κ1) is 17.7. The predicted molar refractivity (Wildman–Crippen MR) is 92.5 cm³/mol. The lowest BCUT2D eigenvalue weighted by Gasteiger charge is -2.32. The number of carbonyl (C=O) groups is 1. The second kappa shape index (κ2) is 6.64. The van der Waals surface area contributed by atoms with E-state index in [2.05, 4.69) is 19.9 Å². The van der Waals surface area contributed by atoms with E-state index in [-0.39, 0.29) is 18.2 Å². The molecule has 24 heavy (non-hydrogen) atoms. The number of esters is 1. The molecule has 0 spiro atoms. The summed E-state index contributed by atoms with van der Waals surface area (Å²) in [7, 11) is 0. The fourth-order valence-corrected chi connectivity index (χ4v) is 4.23. The van der Waals surface area contributed by atoms with Gasteiger partial charge in [0.05, 0.1) is 17.8 Å². The average Bonchev–Trinajstić information content (AvgIpc) is 3.04. The molecular weight excluding hydrogens is 304 g/mol. The summed E-state index contributed by atoms with van der Waals surface area (Å²) in [6.45, 7) is 8.17. The molecule has 2 bridgehead atoms. The Labute approximate surface area is 144 Å². The van der Waals surface area contributed by atoms with Gasteiger partial charge in [0.25, 0.3) is 0 Å². The molecule has 0 aromatic carbocycles. The zero-order valence-corrected chi connectivity index (χ0v) is 15.3. The van der Waals surface area contributed by atoms with E-state index in [1.165, 1.54) is 5.57 Å². The molecule has 1 fully saturated rings. The Morgan fingerprint density at radius 1 is 1.25 bits per heavy atom. The van der Waals surface area contributed by atoms with Gasteiger partial charge in [-0.25, -0.2) is 4.79 Å². The van der Waals surface area contributed by atoms with Crippen molar-refractivity contribution in [2.24, 2.45) is 5.92 Å². The van der Waals surface area contributed by atoms with Crippen LogP contribution in [-0.4, -0.2) is 35.0 Å². The van der Waals surface area contributed by atoms with Gasteiger partial charge in [0, 0.05) is 18.4 Å². The molecule has 0 aromatic heterocycles. The Morgan fingerprint density at radius 2 is 2.00 bits per heavy atom. The standard InChI is InChI=1S/C20H30O4/c1-12-6-5-7-13(2)16-8-9-20(4,24-16)18(21)11-15-14(3)19(22)23-17(15)10-12/h6,13,16-18,21H,5,7-11H2,1-4H3. The van der Waals surface area contributed by atoms with Crippen LogP contribution >= 0.6 is 0 Å². The number of hydrogen-bond donors (Lipinski definition) is 1. The number of ether oxygens (including phenoxy) is 2. The molecule has 0 aliphatic carbocycles. The second-order valence-corrected chi connectivity index (χ2v) is 8.08. The zero-order chi connectivity index (χ0) is 17.5. The van der Waals surface area contributed by atoms with Gasteiger partial charge in [0.1, 0.15) is 6.10 Å². The Balaban J connectivity index is 1.90. The lowest BCUT2D eigenvalue weighted by Crippen LogP contribution is -2.41. The van der Waals surface area contributed by atoms with E-state index >= 15 is 0 Å². The highest BCUT2D eigenvalue weighted by atomic mass is 16.5. The SMILES string of the molecule is CC1=CCCC(C)C2CCC(C)(O2)C(O)CC2=C(C)C(=O)OC2C1. The summed E-state index contributed by atoms with van der Waals surface area (Å²) in [5.74, 6) is 0.244. The van der Waals surface area contributed by atoms with Crippen molar-refractivity contribution in [3.63, 3.8) is 0 Å². The van der Waals surface area contributed by atoms with Crippen molar-refractivity contribution in [3.05, 3.63) is 22.8 Å². The molecule has 3 rings (SSSR count). The molecule has 4 nitrogen and oxygen atoms in total. The maximum absolute atomic E-state index is 12.0. The lowest BCUT2D eigenvalue weighted by atomic mass is 9.86. The third-order valence-electron chi connectivity index (χ3n) is 6.15. The van der Waals surface area contributed by atoms with Crippen molar-refractivity contribution >= 4 is 5.97 Å². The Hall–Kier alpha value is -1.13. The quantitative estimate of drug-likeness (QED) is 0.542. The van der Waals surface area contributed by atoms with Crippen LogP contribution in [0.5, 0.6) is 0 Å². The third kappa shape index (κ3) is 3.31. The maximum atomic E-state index is 12.0. The minimum absolute atomic E-state index is 0.214. The third-order valence-corrected chi connectivity index (χ3v) is 6.15. The number of aliphatic hydroxyl groups excluding tert-OH is 1. The molecule has 3 aliphatic rings. The molecule has 3 heterocycles. The Kier molecular flexibility index (Phi) is 4.89. The van der Waals surface area contributed by atoms with E-state index in [1.54, 1.807) is 0 Å². The molecule has 0 amide bonds. The van der Waals surface area contributed by atoms with Crippen LogP contribution in [0.15, 0.2) is 22.8 Å². The summed E-state index contributed by atoms with van der Waals surface area (Å²) >= 11 is 0. The summed E-state index contributed by atoms with van der Waals surface area (Å²) in [5, 5.41) is 10.9. The first-order valence-corrected chi connectivity index (χ1v) is 9.22. The van der Waals surface area contributed by atoms with Crippen LogP contribution in [0.1, 0.15) is 66.2 Å². The number of carbonyl (C=O) groups excluding carboxylic acids is 1. The second-order valence-electron chi connectivity index (χ2n) is 8.08. The van der Waals surface area contributed by atoms with Crippen LogP contribution in [0, 0.1) is 5.92 Å². The van der Waals surface area contributed by atoms with E-state index in [4.69, 9.17) is 9.47 Å². The monoisotopic (exact) mass is 334 g/mol. The van der Waals surface area contributed by atoms with Crippen molar-refractivity contribution in [1.29, 1.82) is 0 Å². The van der Waals surface area contributed by atoms with Gasteiger partial charge < -0.3 is 14.6 Å². The Morgan fingerprint density at radius 3 is 2.75 bits per heavy atom. The first-order chi connectivity index (χ1) is 11.3. The molecular formula is C20H30O4. The van der Waals surface area contributed by atoms with E-state index in [9.17, 15) is 9.90 Å². The fraction of sp³-hybridized carbons (Fsp3) is 0.750. The molecule has 5 unspecified atom stereocenters. The van der Waals surface area contributed by atoms with Crippen LogP contribution in [0.2, 0.25) is 0 Å². The zero-order valence-electron chi connectivity index (χ0n) is 15.3. The van der Waals surface area contributed by atoms with Crippen molar-refractivity contribution < 1.29 is 19.4 Å². The van der Waals surface area contributed by atoms with Gasteiger partial charge in [-0.2, -0.15) is 0 Å². The van der Waals surface area contributed by atoms with E-state index < -0.39 is 11.7 Å². The van der Waals surface area contributed by atoms with Crippen molar-refractivity contribution in [2.75, 3.05) is 0 Å². The first-order valence-electron chi connectivity index (χ1n) is 9.22. The molecule has 5 atom stereocenters.